The van der Waals surface area contributed by atoms with Gasteiger partial charge in [-0.25, -0.2) is 0 Å². The number of allylic oxidation sites excluding steroid dienone is 1. The molecule has 0 radical (unpaired) electrons. The Morgan fingerprint density at radius 1 is 1.30 bits per heavy atom. The number of ether oxygens (including phenoxy) is 1. The van der Waals surface area contributed by atoms with Crippen LogP contribution in [-0.2, 0) is 11.3 Å². The molecule has 0 unspecified atom stereocenters. The van der Waals surface area contributed by atoms with E-state index in [9.17, 15) is 4.79 Å². The summed E-state index contributed by atoms with van der Waals surface area (Å²) in [5.74, 6) is 1.99. The van der Waals surface area contributed by atoms with E-state index in [1.807, 2.05) is 34.9 Å². The van der Waals surface area contributed by atoms with Gasteiger partial charge in [-0.3, -0.25) is 9.36 Å². The lowest BCUT2D eigenvalue weighted by Gasteiger charge is -2.37. The second-order valence-electron chi connectivity index (χ2n) is 7.88. The van der Waals surface area contributed by atoms with Crippen molar-refractivity contribution in [1.29, 1.82) is 0 Å². The first-order valence-corrected chi connectivity index (χ1v) is 11.7. The van der Waals surface area contributed by atoms with Crippen LogP contribution < -0.4 is 4.74 Å². The van der Waals surface area contributed by atoms with Crippen LogP contribution in [-0.4, -0.2) is 50.5 Å². The fourth-order valence-electron chi connectivity index (χ4n) is 4.19. The van der Waals surface area contributed by atoms with E-state index in [-0.39, 0.29) is 11.9 Å². The third-order valence-electron chi connectivity index (χ3n) is 5.51. The molecule has 1 aromatic heterocycles. The Morgan fingerprint density at radius 3 is 2.70 bits per heavy atom. The van der Waals surface area contributed by atoms with Gasteiger partial charge in [0, 0.05) is 18.6 Å². The number of para-hydroxylation sites is 1. The average Bonchev–Trinajstić information content (AvgIpc) is 3.15. The van der Waals surface area contributed by atoms with E-state index in [2.05, 4.69) is 35.5 Å². The zero-order valence-electron chi connectivity index (χ0n) is 18.2. The van der Waals surface area contributed by atoms with Crippen LogP contribution in [0.4, 0.5) is 0 Å². The van der Waals surface area contributed by atoms with Gasteiger partial charge in [-0.1, -0.05) is 49.2 Å². The quantitative estimate of drug-likeness (QED) is 0.424. The molecule has 1 fully saturated rings. The van der Waals surface area contributed by atoms with Crippen LogP contribution in [0.5, 0.6) is 5.75 Å². The summed E-state index contributed by atoms with van der Waals surface area (Å²) in [4.78, 5) is 15.2. The second-order valence-corrected chi connectivity index (χ2v) is 8.82. The van der Waals surface area contributed by atoms with E-state index in [0.29, 0.717) is 18.3 Å². The summed E-state index contributed by atoms with van der Waals surface area (Å²) in [7, 11) is 1.65. The highest BCUT2D eigenvalue weighted by Gasteiger charge is 2.28. The number of methoxy groups -OCH3 is 1. The first kappa shape index (κ1) is 22.4. The number of benzene rings is 1. The molecule has 1 aliphatic rings. The lowest BCUT2D eigenvalue weighted by atomic mass is 9.93. The lowest BCUT2D eigenvalue weighted by Crippen LogP contribution is -2.46. The van der Waals surface area contributed by atoms with Crippen LogP contribution in [0, 0.1) is 0 Å². The van der Waals surface area contributed by atoms with Gasteiger partial charge in [-0.15, -0.1) is 16.8 Å². The Bertz CT molecular complexity index is 859. The predicted molar refractivity (Wildman–Crippen MR) is 122 cm³/mol. The van der Waals surface area contributed by atoms with Gasteiger partial charge in [0.1, 0.15) is 5.75 Å². The van der Waals surface area contributed by atoms with Crippen LogP contribution in [0.25, 0.3) is 11.4 Å². The molecule has 2 aromatic rings. The number of hydrogen-bond acceptors (Lipinski definition) is 5. The van der Waals surface area contributed by atoms with E-state index in [0.717, 1.165) is 35.1 Å². The summed E-state index contributed by atoms with van der Waals surface area (Å²) in [6.07, 6.45) is 7.74. The minimum atomic E-state index is 0.175. The van der Waals surface area contributed by atoms with Gasteiger partial charge < -0.3 is 9.64 Å². The summed E-state index contributed by atoms with van der Waals surface area (Å²) in [5.41, 5.74) is 0.874. The molecule has 1 amide bonds. The number of aromatic nitrogens is 3. The third kappa shape index (κ3) is 5.06. The number of amides is 1. The minimum Gasteiger partial charge on any atom is -0.496 e. The normalized spacial score (nSPS) is 14.7. The zero-order valence-corrected chi connectivity index (χ0v) is 19.0. The number of hydrogen-bond donors (Lipinski definition) is 0. The number of carbonyl (C=O) groups is 1. The molecule has 0 aliphatic heterocycles. The molecule has 0 atom stereocenters. The molecule has 0 bridgehead atoms. The van der Waals surface area contributed by atoms with Crippen LogP contribution in [0.2, 0.25) is 0 Å². The smallest absolute Gasteiger partial charge is 0.233 e. The monoisotopic (exact) mass is 428 g/mol. The SMILES string of the molecule is C=CCn1c(SCC(=O)N(C(C)C)C2CCCCC2)nnc1-c1ccccc1OC. The van der Waals surface area contributed by atoms with E-state index >= 15 is 0 Å². The summed E-state index contributed by atoms with van der Waals surface area (Å²) in [6.45, 7) is 8.65. The molecule has 1 aliphatic carbocycles. The zero-order chi connectivity index (χ0) is 21.5. The summed E-state index contributed by atoms with van der Waals surface area (Å²) >= 11 is 1.44. The first-order chi connectivity index (χ1) is 14.6. The fourth-order valence-corrected chi connectivity index (χ4v) is 5.01. The summed E-state index contributed by atoms with van der Waals surface area (Å²) in [5, 5.41) is 9.50. The van der Waals surface area contributed by atoms with E-state index in [4.69, 9.17) is 4.74 Å². The van der Waals surface area contributed by atoms with Crippen molar-refractivity contribution < 1.29 is 9.53 Å². The molecule has 3 rings (SSSR count). The molecule has 1 saturated carbocycles. The standard InChI is InChI=1S/C23H32N4O2S/c1-5-15-26-22(19-13-9-10-14-20(19)29-4)24-25-23(26)30-16-21(28)27(17(2)3)18-11-7-6-8-12-18/h5,9-10,13-14,17-18H,1,6-8,11-12,15-16H2,2-4H3. The first-order valence-electron chi connectivity index (χ1n) is 10.7. The molecular weight excluding hydrogens is 396 g/mol. The van der Waals surface area contributed by atoms with Gasteiger partial charge in [-0.05, 0) is 38.8 Å². The summed E-state index contributed by atoms with van der Waals surface area (Å²) in [6, 6.07) is 8.32. The largest absolute Gasteiger partial charge is 0.496 e. The molecule has 1 aromatic carbocycles. The Morgan fingerprint density at radius 2 is 2.03 bits per heavy atom. The number of carbonyl (C=O) groups excluding carboxylic acids is 1. The molecule has 1 heterocycles. The van der Waals surface area contributed by atoms with Crippen molar-refractivity contribution in [3.63, 3.8) is 0 Å². The van der Waals surface area contributed by atoms with Crippen LogP contribution in [0.1, 0.15) is 46.0 Å². The molecule has 0 N–H and O–H groups in total. The molecule has 162 valence electrons. The van der Waals surface area contributed by atoms with Crippen molar-refractivity contribution in [1.82, 2.24) is 19.7 Å². The van der Waals surface area contributed by atoms with Crippen LogP contribution >= 0.6 is 11.8 Å². The lowest BCUT2D eigenvalue weighted by molar-refractivity contribution is -0.133. The van der Waals surface area contributed by atoms with Crippen LogP contribution in [0.3, 0.4) is 0 Å². The Kier molecular flexibility index (Phi) is 7.96. The van der Waals surface area contributed by atoms with Crippen molar-refractivity contribution >= 4 is 17.7 Å². The average molecular weight is 429 g/mol. The molecule has 6 nitrogen and oxygen atoms in total. The van der Waals surface area contributed by atoms with Crippen molar-refractivity contribution in [2.24, 2.45) is 0 Å². The topological polar surface area (TPSA) is 60.2 Å². The van der Waals surface area contributed by atoms with Crippen molar-refractivity contribution in [3.8, 4) is 17.1 Å². The van der Waals surface area contributed by atoms with Gasteiger partial charge in [0.25, 0.3) is 0 Å². The van der Waals surface area contributed by atoms with Gasteiger partial charge in [0.2, 0.25) is 5.91 Å². The molecule has 0 saturated heterocycles. The van der Waals surface area contributed by atoms with E-state index in [1.54, 1.807) is 7.11 Å². The number of thioether (sulfide) groups is 1. The highest BCUT2D eigenvalue weighted by molar-refractivity contribution is 7.99. The molecular formula is C23H32N4O2S. The molecule has 0 spiro atoms. The predicted octanol–water partition coefficient (Wildman–Crippen LogP) is 4.80. The summed E-state index contributed by atoms with van der Waals surface area (Å²) < 4.78 is 7.48. The highest BCUT2D eigenvalue weighted by Crippen LogP contribution is 2.31. The number of nitrogens with zero attached hydrogens (tertiary/aromatic N) is 4. The van der Waals surface area contributed by atoms with Gasteiger partial charge in [-0.2, -0.15) is 0 Å². The van der Waals surface area contributed by atoms with Crippen molar-refractivity contribution in [2.45, 2.75) is 69.7 Å². The van der Waals surface area contributed by atoms with Gasteiger partial charge >= 0.3 is 0 Å². The maximum Gasteiger partial charge on any atom is 0.233 e. The minimum absolute atomic E-state index is 0.175. The van der Waals surface area contributed by atoms with E-state index in [1.165, 1.54) is 31.0 Å². The molecule has 30 heavy (non-hydrogen) atoms. The second kappa shape index (κ2) is 10.7. The fraction of sp³-hybridized carbons (Fsp3) is 0.522. The van der Waals surface area contributed by atoms with Crippen LogP contribution in [0.15, 0.2) is 42.1 Å². The Hall–Kier alpha value is -2.28. The van der Waals surface area contributed by atoms with Gasteiger partial charge in [0.15, 0.2) is 11.0 Å². The van der Waals surface area contributed by atoms with Crippen molar-refractivity contribution in [2.75, 3.05) is 12.9 Å². The van der Waals surface area contributed by atoms with Crippen molar-refractivity contribution in [3.05, 3.63) is 36.9 Å². The number of rotatable bonds is 9. The molecule has 7 heteroatoms. The highest BCUT2D eigenvalue weighted by atomic mass is 32.2. The van der Waals surface area contributed by atoms with E-state index < -0.39 is 0 Å². The maximum absolute atomic E-state index is 13.1. The maximum atomic E-state index is 13.1. The van der Waals surface area contributed by atoms with Gasteiger partial charge in [0.05, 0.1) is 18.4 Å². The third-order valence-corrected chi connectivity index (χ3v) is 6.47. The Balaban J connectivity index is 1.78. The Labute approximate surface area is 183 Å².